The van der Waals surface area contributed by atoms with Gasteiger partial charge in [-0.1, -0.05) is 5.59 Å². The highest BCUT2D eigenvalue weighted by atomic mass is 16.7. The molecule has 0 bridgehead atoms. The molecule has 0 saturated carbocycles. The molecule has 0 aliphatic carbocycles. The van der Waals surface area contributed by atoms with E-state index in [0.29, 0.717) is 0 Å². The number of amides is 1. The molecule has 0 aromatic heterocycles. The summed E-state index contributed by atoms with van der Waals surface area (Å²) in [4.78, 5) is 26.0. The molecule has 1 amide bonds. The van der Waals surface area contributed by atoms with Crippen molar-refractivity contribution < 1.29 is 19.2 Å². The van der Waals surface area contributed by atoms with Gasteiger partial charge in [-0.25, -0.2) is 9.80 Å². The van der Waals surface area contributed by atoms with Crippen LogP contribution in [0.25, 0.3) is 0 Å². The van der Waals surface area contributed by atoms with Crippen LogP contribution in [-0.4, -0.2) is 29.7 Å². The molecule has 0 aromatic carbocycles. The highest BCUT2D eigenvalue weighted by molar-refractivity contribution is 5.68. The maximum absolute atomic E-state index is 11.2. The van der Waals surface area contributed by atoms with Crippen molar-refractivity contribution in [3.63, 3.8) is 0 Å². The van der Waals surface area contributed by atoms with Crippen LogP contribution < -0.4 is 5.59 Å². The van der Waals surface area contributed by atoms with Crippen LogP contribution in [0.3, 0.4) is 0 Å². The molecule has 0 spiro atoms. The summed E-state index contributed by atoms with van der Waals surface area (Å²) in [5.74, 6) is -0.541. The van der Waals surface area contributed by atoms with E-state index in [0.717, 1.165) is 5.01 Å². The predicted octanol–water partition coefficient (Wildman–Crippen LogP) is 0.836. The minimum Gasteiger partial charge on any atom is -0.443 e. The number of hydrogen-bond donors (Lipinski definition) is 1. The van der Waals surface area contributed by atoms with Gasteiger partial charge in [0, 0.05) is 14.0 Å². The van der Waals surface area contributed by atoms with Crippen molar-refractivity contribution in [2.75, 3.05) is 7.05 Å². The van der Waals surface area contributed by atoms with Crippen LogP contribution in [0.15, 0.2) is 0 Å². The molecule has 0 fully saturated rings. The SMILES string of the molecule is CC(=O)ONN(C)C(=O)OC(C)(C)C. The first-order chi connectivity index (χ1) is 6.22. The summed E-state index contributed by atoms with van der Waals surface area (Å²) in [6.07, 6.45) is -0.626. The van der Waals surface area contributed by atoms with Gasteiger partial charge in [-0.15, -0.1) is 0 Å². The van der Waals surface area contributed by atoms with Gasteiger partial charge in [-0.05, 0) is 20.8 Å². The Balaban J connectivity index is 3.94. The molecule has 6 nitrogen and oxygen atoms in total. The molecule has 0 radical (unpaired) electrons. The minimum absolute atomic E-state index is 0.541. The minimum atomic E-state index is -0.626. The van der Waals surface area contributed by atoms with Gasteiger partial charge in [-0.2, -0.15) is 0 Å². The van der Waals surface area contributed by atoms with Crippen molar-refractivity contribution in [3.8, 4) is 0 Å². The Morgan fingerprint density at radius 2 is 1.79 bits per heavy atom. The van der Waals surface area contributed by atoms with Crippen LogP contribution >= 0.6 is 0 Å². The number of nitrogens with one attached hydrogen (secondary N) is 1. The molecule has 0 atom stereocenters. The van der Waals surface area contributed by atoms with E-state index in [2.05, 4.69) is 10.4 Å². The van der Waals surface area contributed by atoms with Crippen LogP contribution in [0, 0.1) is 0 Å². The Labute approximate surface area is 83.1 Å². The fraction of sp³-hybridized carbons (Fsp3) is 0.750. The van der Waals surface area contributed by atoms with Crippen molar-refractivity contribution in [1.29, 1.82) is 0 Å². The van der Waals surface area contributed by atoms with E-state index in [1.807, 2.05) is 0 Å². The second-order valence-electron chi connectivity index (χ2n) is 3.72. The molecule has 82 valence electrons. The Bertz CT molecular complexity index is 222. The highest BCUT2D eigenvalue weighted by Crippen LogP contribution is 2.07. The van der Waals surface area contributed by atoms with Gasteiger partial charge in [0.25, 0.3) is 0 Å². The van der Waals surface area contributed by atoms with Crippen molar-refractivity contribution in [2.24, 2.45) is 0 Å². The first-order valence-electron chi connectivity index (χ1n) is 4.12. The zero-order chi connectivity index (χ0) is 11.4. The third kappa shape index (κ3) is 6.24. The average molecular weight is 204 g/mol. The van der Waals surface area contributed by atoms with Gasteiger partial charge in [-0.3, -0.25) is 4.79 Å². The first kappa shape index (κ1) is 12.7. The average Bonchev–Trinajstić information content (AvgIpc) is 1.96. The number of hydrogen-bond acceptors (Lipinski definition) is 5. The summed E-state index contributed by atoms with van der Waals surface area (Å²) in [7, 11) is 1.39. The Kier molecular flexibility index (Phi) is 4.36. The van der Waals surface area contributed by atoms with Gasteiger partial charge in [0.05, 0.1) is 0 Å². The zero-order valence-corrected chi connectivity index (χ0v) is 9.08. The van der Waals surface area contributed by atoms with Gasteiger partial charge in [0.1, 0.15) is 5.60 Å². The van der Waals surface area contributed by atoms with Crippen molar-refractivity contribution >= 4 is 12.1 Å². The molecule has 6 heteroatoms. The van der Waals surface area contributed by atoms with Crippen molar-refractivity contribution in [3.05, 3.63) is 0 Å². The van der Waals surface area contributed by atoms with E-state index < -0.39 is 17.7 Å². The lowest BCUT2D eigenvalue weighted by Crippen LogP contribution is -2.43. The molecule has 0 aromatic rings. The van der Waals surface area contributed by atoms with E-state index >= 15 is 0 Å². The fourth-order valence-corrected chi connectivity index (χ4v) is 0.500. The van der Waals surface area contributed by atoms with Crippen LogP contribution in [0.4, 0.5) is 4.79 Å². The van der Waals surface area contributed by atoms with Crippen molar-refractivity contribution in [1.82, 2.24) is 10.6 Å². The maximum Gasteiger partial charge on any atom is 0.427 e. The molecular weight excluding hydrogens is 188 g/mol. The normalized spacial score (nSPS) is 10.6. The number of ether oxygens (including phenoxy) is 1. The summed E-state index contributed by atoms with van der Waals surface area (Å²) in [5.41, 5.74) is 1.53. The molecule has 1 N–H and O–H groups in total. The number of carbonyl (C=O) groups excluding carboxylic acids is 2. The summed E-state index contributed by atoms with van der Waals surface area (Å²) >= 11 is 0. The predicted molar refractivity (Wildman–Crippen MR) is 48.9 cm³/mol. The Morgan fingerprint density at radius 1 is 1.29 bits per heavy atom. The molecule has 0 unspecified atom stereocenters. The highest BCUT2D eigenvalue weighted by Gasteiger charge is 2.19. The summed E-state index contributed by atoms with van der Waals surface area (Å²) < 4.78 is 4.96. The third-order valence-corrected chi connectivity index (χ3v) is 0.994. The quantitative estimate of drug-likeness (QED) is 0.675. The number of rotatable bonds is 2. The molecule has 0 heterocycles. The molecule has 0 rings (SSSR count). The lowest BCUT2D eigenvalue weighted by molar-refractivity contribution is -0.159. The lowest BCUT2D eigenvalue weighted by Gasteiger charge is -2.23. The van der Waals surface area contributed by atoms with Crippen LogP contribution in [-0.2, 0) is 14.4 Å². The molecule has 0 aliphatic heterocycles. The largest absolute Gasteiger partial charge is 0.443 e. The van der Waals surface area contributed by atoms with E-state index in [1.54, 1.807) is 20.8 Å². The maximum atomic E-state index is 11.2. The van der Waals surface area contributed by atoms with Crippen LogP contribution in [0.1, 0.15) is 27.7 Å². The number of nitrogens with zero attached hydrogens (tertiary/aromatic N) is 1. The third-order valence-electron chi connectivity index (χ3n) is 0.994. The second kappa shape index (κ2) is 4.80. The standard InChI is InChI=1S/C8H16N2O4/c1-6(11)14-9-10(5)7(12)13-8(2,3)4/h9H,1-5H3. The van der Waals surface area contributed by atoms with E-state index in [1.165, 1.54) is 14.0 Å². The first-order valence-corrected chi connectivity index (χ1v) is 4.12. The molecule has 0 saturated heterocycles. The summed E-state index contributed by atoms with van der Waals surface area (Å²) in [6, 6.07) is 0. The van der Waals surface area contributed by atoms with Gasteiger partial charge in [0.2, 0.25) is 0 Å². The van der Waals surface area contributed by atoms with Gasteiger partial charge >= 0.3 is 12.1 Å². The van der Waals surface area contributed by atoms with E-state index in [-0.39, 0.29) is 0 Å². The number of hydrazine groups is 1. The molecule has 14 heavy (non-hydrogen) atoms. The zero-order valence-electron chi connectivity index (χ0n) is 9.08. The second-order valence-corrected chi connectivity index (χ2v) is 3.72. The summed E-state index contributed by atoms with van der Waals surface area (Å²) in [5, 5.41) is 0.937. The van der Waals surface area contributed by atoms with Crippen LogP contribution in [0.5, 0.6) is 0 Å². The monoisotopic (exact) mass is 204 g/mol. The smallest absolute Gasteiger partial charge is 0.427 e. The Hall–Kier alpha value is -1.30. The topological polar surface area (TPSA) is 67.9 Å². The molecule has 0 aliphatic rings. The van der Waals surface area contributed by atoms with Crippen LogP contribution in [0.2, 0.25) is 0 Å². The van der Waals surface area contributed by atoms with Gasteiger partial charge < -0.3 is 9.57 Å². The van der Waals surface area contributed by atoms with Crippen molar-refractivity contribution in [2.45, 2.75) is 33.3 Å². The fourth-order valence-electron chi connectivity index (χ4n) is 0.500. The van der Waals surface area contributed by atoms with E-state index in [4.69, 9.17) is 4.74 Å². The molecular formula is C8H16N2O4. The number of carbonyl (C=O) groups is 2. The van der Waals surface area contributed by atoms with Gasteiger partial charge in [0.15, 0.2) is 0 Å². The summed E-state index contributed by atoms with van der Waals surface area (Å²) in [6.45, 7) is 6.44. The lowest BCUT2D eigenvalue weighted by atomic mass is 10.2. The Morgan fingerprint density at radius 3 is 2.14 bits per heavy atom. The van der Waals surface area contributed by atoms with E-state index in [9.17, 15) is 9.59 Å².